The van der Waals surface area contributed by atoms with Crippen LogP contribution in [0.25, 0.3) is 0 Å². The maximum atomic E-state index is 5.40. The fourth-order valence-electron chi connectivity index (χ4n) is 2.88. The molecule has 110 valence electrons. The SMILES string of the molecule is CN(Cc1cc(C#CCN)cs1)C1CCC(C)(C)CC1. The van der Waals surface area contributed by atoms with Crippen molar-refractivity contribution in [2.45, 2.75) is 52.1 Å². The van der Waals surface area contributed by atoms with Gasteiger partial charge in [0.15, 0.2) is 0 Å². The van der Waals surface area contributed by atoms with Gasteiger partial charge in [0, 0.05) is 28.4 Å². The maximum Gasteiger partial charge on any atom is 0.0555 e. The van der Waals surface area contributed by atoms with Crippen molar-refractivity contribution in [3.63, 3.8) is 0 Å². The standard InChI is InChI=1S/C17H26N2S/c1-17(2)8-6-15(7-9-17)19(3)12-16-11-14(13-20-16)5-4-10-18/h11,13,15H,6-10,12,18H2,1-3H3. The Morgan fingerprint density at radius 1 is 1.40 bits per heavy atom. The molecular formula is C17H26N2S. The molecule has 0 saturated heterocycles. The lowest BCUT2D eigenvalue weighted by molar-refractivity contribution is 0.124. The van der Waals surface area contributed by atoms with Crippen LogP contribution in [-0.4, -0.2) is 24.5 Å². The Kier molecular flexibility index (Phi) is 5.26. The molecule has 2 rings (SSSR count). The van der Waals surface area contributed by atoms with Crippen LogP contribution in [-0.2, 0) is 6.54 Å². The molecule has 0 bridgehead atoms. The smallest absolute Gasteiger partial charge is 0.0555 e. The highest BCUT2D eigenvalue weighted by Crippen LogP contribution is 2.37. The lowest BCUT2D eigenvalue weighted by atomic mass is 9.75. The predicted octanol–water partition coefficient (Wildman–Crippen LogP) is 3.46. The molecule has 0 aromatic carbocycles. The summed E-state index contributed by atoms with van der Waals surface area (Å²) in [5.41, 5.74) is 7.06. The van der Waals surface area contributed by atoms with Crippen molar-refractivity contribution in [1.82, 2.24) is 4.90 Å². The summed E-state index contributed by atoms with van der Waals surface area (Å²) in [6.45, 7) is 6.26. The second-order valence-corrected chi connectivity index (χ2v) is 7.61. The van der Waals surface area contributed by atoms with Gasteiger partial charge in [-0.25, -0.2) is 0 Å². The average Bonchev–Trinajstić information content (AvgIpc) is 2.83. The molecule has 1 heterocycles. The van der Waals surface area contributed by atoms with Gasteiger partial charge in [0.25, 0.3) is 0 Å². The molecule has 0 aliphatic heterocycles. The minimum Gasteiger partial charge on any atom is -0.320 e. The second kappa shape index (κ2) is 6.76. The summed E-state index contributed by atoms with van der Waals surface area (Å²) in [5.74, 6) is 6.02. The lowest BCUT2D eigenvalue weighted by Gasteiger charge is -2.38. The van der Waals surface area contributed by atoms with E-state index in [0.29, 0.717) is 12.0 Å². The van der Waals surface area contributed by atoms with Crippen molar-refractivity contribution < 1.29 is 0 Å². The number of nitrogens with zero attached hydrogens (tertiary/aromatic N) is 1. The van der Waals surface area contributed by atoms with Crippen LogP contribution in [0.15, 0.2) is 11.4 Å². The van der Waals surface area contributed by atoms with Crippen LogP contribution in [0, 0.1) is 17.3 Å². The van der Waals surface area contributed by atoms with Crippen LogP contribution in [0.4, 0.5) is 0 Å². The van der Waals surface area contributed by atoms with Gasteiger partial charge in [0.05, 0.1) is 6.54 Å². The third kappa shape index (κ3) is 4.34. The molecule has 0 amide bonds. The van der Waals surface area contributed by atoms with E-state index in [-0.39, 0.29) is 0 Å². The number of thiophene rings is 1. The Labute approximate surface area is 127 Å². The van der Waals surface area contributed by atoms with Crippen LogP contribution < -0.4 is 5.73 Å². The quantitative estimate of drug-likeness (QED) is 0.864. The van der Waals surface area contributed by atoms with E-state index in [1.54, 1.807) is 0 Å². The van der Waals surface area contributed by atoms with Crippen molar-refractivity contribution >= 4 is 11.3 Å². The minimum absolute atomic E-state index is 0.433. The molecule has 2 nitrogen and oxygen atoms in total. The van der Waals surface area contributed by atoms with Gasteiger partial charge in [-0.2, -0.15) is 0 Å². The van der Waals surface area contributed by atoms with Gasteiger partial charge in [-0.05, 0) is 44.2 Å². The Morgan fingerprint density at radius 2 is 2.10 bits per heavy atom. The van der Waals surface area contributed by atoms with Gasteiger partial charge in [0.2, 0.25) is 0 Å². The molecule has 20 heavy (non-hydrogen) atoms. The molecule has 0 spiro atoms. The van der Waals surface area contributed by atoms with E-state index in [2.05, 4.69) is 49.1 Å². The van der Waals surface area contributed by atoms with E-state index in [4.69, 9.17) is 5.73 Å². The third-order valence-corrected chi connectivity index (χ3v) is 5.25. The highest BCUT2D eigenvalue weighted by atomic mass is 32.1. The Bertz CT molecular complexity index is 483. The second-order valence-electron chi connectivity index (χ2n) is 6.62. The molecule has 0 radical (unpaired) electrons. The lowest BCUT2D eigenvalue weighted by Crippen LogP contribution is -2.36. The van der Waals surface area contributed by atoms with E-state index in [1.165, 1.54) is 30.6 Å². The normalized spacial score (nSPS) is 18.9. The number of hydrogen-bond acceptors (Lipinski definition) is 3. The average molecular weight is 290 g/mol. The van der Waals surface area contributed by atoms with Gasteiger partial charge in [0.1, 0.15) is 0 Å². The van der Waals surface area contributed by atoms with Crippen molar-refractivity contribution in [3.05, 3.63) is 21.9 Å². The third-order valence-electron chi connectivity index (χ3n) is 4.33. The predicted molar refractivity (Wildman–Crippen MR) is 87.8 cm³/mol. The summed E-state index contributed by atoms with van der Waals surface area (Å²) in [7, 11) is 2.26. The fraction of sp³-hybridized carbons (Fsp3) is 0.647. The topological polar surface area (TPSA) is 29.3 Å². The summed E-state index contributed by atoms with van der Waals surface area (Å²) >= 11 is 1.81. The number of nitrogens with two attached hydrogens (primary N) is 1. The van der Waals surface area contributed by atoms with Gasteiger partial charge < -0.3 is 5.73 Å². The highest BCUT2D eigenvalue weighted by Gasteiger charge is 2.28. The summed E-state index contributed by atoms with van der Waals surface area (Å²) in [6, 6.07) is 2.94. The maximum absolute atomic E-state index is 5.40. The largest absolute Gasteiger partial charge is 0.320 e. The first-order valence-corrected chi connectivity index (χ1v) is 8.35. The molecule has 3 heteroatoms. The van der Waals surface area contributed by atoms with E-state index < -0.39 is 0 Å². The first-order valence-electron chi connectivity index (χ1n) is 7.47. The molecule has 1 fully saturated rings. The molecule has 2 N–H and O–H groups in total. The molecule has 0 unspecified atom stereocenters. The van der Waals surface area contributed by atoms with Gasteiger partial charge >= 0.3 is 0 Å². The summed E-state index contributed by atoms with van der Waals surface area (Å²) in [5, 5.41) is 2.13. The molecule has 1 aromatic rings. The van der Waals surface area contributed by atoms with Gasteiger partial charge in [-0.1, -0.05) is 25.7 Å². The Hall–Kier alpha value is -0.820. The van der Waals surface area contributed by atoms with Crippen LogP contribution in [0.2, 0.25) is 0 Å². The van der Waals surface area contributed by atoms with Crippen LogP contribution in [0.5, 0.6) is 0 Å². The number of hydrogen-bond donors (Lipinski definition) is 1. The molecule has 1 aromatic heterocycles. The summed E-state index contributed by atoms with van der Waals surface area (Å²) in [4.78, 5) is 3.92. The van der Waals surface area contributed by atoms with Gasteiger partial charge in [-0.3, -0.25) is 4.90 Å². The highest BCUT2D eigenvalue weighted by molar-refractivity contribution is 7.10. The first kappa shape index (κ1) is 15.6. The minimum atomic E-state index is 0.433. The van der Waals surface area contributed by atoms with Crippen molar-refractivity contribution in [2.75, 3.05) is 13.6 Å². The van der Waals surface area contributed by atoms with E-state index >= 15 is 0 Å². The molecule has 1 aliphatic carbocycles. The molecular weight excluding hydrogens is 264 g/mol. The monoisotopic (exact) mass is 290 g/mol. The van der Waals surface area contributed by atoms with E-state index in [9.17, 15) is 0 Å². The van der Waals surface area contributed by atoms with Crippen LogP contribution in [0.3, 0.4) is 0 Å². The summed E-state index contributed by atoms with van der Waals surface area (Å²) in [6.07, 6.45) is 5.35. The van der Waals surface area contributed by atoms with Crippen LogP contribution in [0.1, 0.15) is 50.0 Å². The molecule has 1 aliphatic rings. The summed E-state index contributed by atoms with van der Waals surface area (Å²) < 4.78 is 0. The zero-order valence-corrected chi connectivity index (χ0v) is 13.7. The molecule has 1 saturated carbocycles. The van der Waals surface area contributed by atoms with Gasteiger partial charge in [-0.15, -0.1) is 11.3 Å². The fourth-order valence-corrected chi connectivity index (χ4v) is 3.76. The Morgan fingerprint density at radius 3 is 2.75 bits per heavy atom. The van der Waals surface area contributed by atoms with Crippen molar-refractivity contribution in [1.29, 1.82) is 0 Å². The Balaban J connectivity index is 1.88. The zero-order chi connectivity index (χ0) is 14.6. The van der Waals surface area contributed by atoms with Crippen molar-refractivity contribution in [2.24, 2.45) is 11.1 Å². The van der Waals surface area contributed by atoms with E-state index in [1.807, 2.05) is 11.3 Å². The van der Waals surface area contributed by atoms with E-state index in [0.717, 1.165) is 18.2 Å². The number of rotatable bonds is 3. The first-order chi connectivity index (χ1) is 9.50. The zero-order valence-electron chi connectivity index (χ0n) is 12.9. The molecule has 0 atom stereocenters. The van der Waals surface area contributed by atoms with Crippen LogP contribution >= 0.6 is 11.3 Å². The van der Waals surface area contributed by atoms with Crippen molar-refractivity contribution in [3.8, 4) is 11.8 Å².